The zero-order valence-electron chi connectivity index (χ0n) is 12.4. The quantitative estimate of drug-likeness (QED) is 0.483. The van der Waals surface area contributed by atoms with Gasteiger partial charge in [0.15, 0.2) is 0 Å². The Balaban J connectivity index is 2.34. The van der Waals surface area contributed by atoms with E-state index >= 15 is 0 Å². The van der Waals surface area contributed by atoms with E-state index in [0.29, 0.717) is 17.0 Å². The molecule has 0 atom stereocenters. The third-order valence-corrected chi connectivity index (χ3v) is 4.62. The van der Waals surface area contributed by atoms with E-state index < -0.39 is 0 Å². The van der Waals surface area contributed by atoms with Crippen molar-refractivity contribution in [2.24, 2.45) is 15.8 Å². The molecule has 2 rings (SSSR count). The third-order valence-electron chi connectivity index (χ3n) is 4.42. The van der Waals surface area contributed by atoms with Crippen molar-refractivity contribution in [2.75, 3.05) is 14.1 Å². The smallest absolute Gasteiger partial charge is 0.252 e. The first-order chi connectivity index (χ1) is 8.66. The summed E-state index contributed by atoms with van der Waals surface area (Å²) in [4.78, 5) is 14.7. The molecule has 0 radical (unpaired) electrons. The van der Waals surface area contributed by atoms with Crippen LogP contribution in [0.4, 0.5) is 5.95 Å². The largest absolute Gasteiger partial charge is 0.369 e. The van der Waals surface area contributed by atoms with E-state index in [0.717, 1.165) is 5.69 Å². The minimum absolute atomic E-state index is 0.229. The molecule has 0 aliphatic heterocycles. The van der Waals surface area contributed by atoms with Gasteiger partial charge in [-0.1, -0.05) is 39.3 Å². The van der Waals surface area contributed by atoms with E-state index in [2.05, 4.69) is 42.7 Å². The van der Waals surface area contributed by atoms with Crippen molar-refractivity contribution >= 4 is 23.9 Å². The molecule has 0 amide bonds. The summed E-state index contributed by atoms with van der Waals surface area (Å²) in [6, 6.07) is 1.86. The summed E-state index contributed by atoms with van der Waals surface area (Å²) in [6.45, 7) is 9.04. The molecule has 0 unspecified atom stereocenters. The lowest BCUT2D eigenvalue weighted by atomic mass is 10.0. The molecule has 1 saturated carbocycles. The summed E-state index contributed by atoms with van der Waals surface area (Å²) < 4.78 is 0. The second-order valence-corrected chi connectivity index (χ2v) is 6.89. The highest BCUT2D eigenvalue weighted by Gasteiger charge is 2.65. The van der Waals surface area contributed by atoms with Crippen LogP contribution in [0, 0.1) is 10.8 Å². The van der Waals surface area contributed by atoms with Gasteiger partial charge in [0.2, 0.25) is 0 Å². The summed E-state index contributed by atoms with van der Waals surface area (Å²) in [5.41, 5.74) is 1.45. The average molecular weight is 281 g/mol. The Morgan fingerprint density at radius 3 is 2.26 bits per heavy atom. The monoisotopic (exact) mass is 280 g/mol. The van der Waals surface area contributed by atoms with Gasteiger partial charge in [0.05, 0.1) is 12.0 Å². The van der Waals surface area contributed by atoms with Crippen LogP contribution in [-0.4, -0.2) is 35.3 Å². The van der Waals surface area contributed by atoms with Gasteiger partial charge in [-0.2, -0.15) is 4.98 Å². The molecule has 19 heavy (non-hydrogen) atoms. The highest BCUT2D eigenvalue weighted by atomic mass is 35.5. The predicted octanol–water partition coefficient (Wildman–Crippen LogP) is 3.50. The Hall–Kier alpha value is -1.16. The molecule has 0 N–H and O–H groups in total. The van der Waals surface area contributed by atoms with E-state index in [4.69, 9.17) is 11.6 Å². The number of aliphatic imine (C=N–C) groups is 1. The van der Waals surface area contributed by atoms with Crippen LogP contribution in [0.25, 0.3) is 0 Å². The van der Waals surface area contributed by atoms with Crippen molar-refractivity contribution in [2.45, 2.75) is 33.6 Å². The fourth-order valence-electron chi connectivity index (χ4n) is 2.73. The number of aromatic nitrogens is 2. The Kier molecular flexibility index (Phi) is 3.33. The van der Waals surface area contributed by atoms with Crippen molar-refractivity contribution in [1.29, 1.82) is 0 Å². The van der Waals surface area contributed by atoms with Gasteiger partial charge in [-0.25, -0.2) is 9.98 Å². The molecule has 104 valence electrons. The first-order valence-electron chi connectivity index (χ1n) is 6.41. The Morgan fingerprint density at radius 2 is 1.79 bits per heavy atom. The fourth-order valence-corrected chi connectivity index (χ4v) is 2.92. The van der Waals surface area contributed by atoms with Gasteiger partial charge in [0, 0.05) is 20.0 Å². The van der Waals surface area contributed by atoms with Crippen LogP contribution in [-0.2, 0) is 0 Å². The van der Waals surface area contributed by atoms with Gasteiger partial charge < -0.3 is 4.90 Å². The van der Waals surface area contributed by atoms with Crippen molar-refractivity contribution in [1.82, 2.24) is 14.9 Å². The molecule has 5 heteroatoms. The SMILES string of the molecule is CN(C)C=Nc1nc(Cl)cc(C2C(C)(C)C2(C)C)n1. The van der Waals surface area contributed by atoms with Crippen LogP contribution < -0.4 is 0 Å². The second kappa shape index (κ2) is 4.44. The summed E-state index contributed by atoms with van der Waals surface area (Å²) >= 11 is 6.08. The highest BCUT2D eigenvalue weighted by molar-refractivity contribution is 6.29. The molecule has 1 heterocycles. The molecule has 0 aromatic carbocycles. The fraction of sp³-hybridized carbons (Fsp3) is 0.643. The zero-order chi connectivity index (χ0) is 14.4. The van der Waals surface area contributed by atoms with Gasteiger partial charge >= 0.3 is 0 Å². The predicted molar refractivity (Wildman–Crippen MR) is 79.2 cm³/mol. The lowest BCUT2D eigenvalue weighted by Gasteiger charge is -2.05. The Morgan fingerprint density at radius 1 is 1.21 bits per heavy atom. The number of hydrogen-bond donors (Lipinski definition) is 0. The van der Waals surface area contributed by atoms with Crippen LogP contribution in [0.1, 0.15) is 39.3 Å². The van der Waals surface area contributed by atoms with Gasteiger partial charge in [-0.05, 0) is 16.9 Å². The van der Waals surface area contributed by atoms with Crippen molar-refractivity contribution < 1.29 is 0 Å². The molecular formula is C14H21ClN4. The second-order valence-electron chi connectivity index (χ2n) is 6.50. The Labute approximate surface area is 119 Å². The molecule has 1 aromatic rings. The first kappa shape index (κ1) is 14.3. The standard InChI is InChI=1S/C14H21ClN4/c1-13(2)11(14(13,3)4)9-7-10(15)18-12(17-9)16-8-19(5)6/h7-8,11H,1-6H3. The molecule has 1 aromatic heterocycles. The minimum Gasteiger partial charge on any atom is -0.369 e. The number of nitrogens with zero attached hydrogens (tertiary/aromatic N) is 4. The van der Waals surface area contributed by atoms with Crippen LogP contribution in [0.15, 0.2) is 11.1 Å². The minimum atomic E-state index is 0.229. The van der Waals surface area contributed by atoms with Crippen LogP contribution in [0.2, 0.25) is 5.15 Å². The number of hydrogen-bond acceptors (Lipinski definition) is 3. The average Bonchev–Trinajstić information content (AvgIpc) is 2.65. The van der Waals surface area contributed by atoms with Gasteiger partial charge in [0.1, 0.15) is 5.15 Å². The third kappa shape index (κ3) is 2.46. The molecular weight excluding hydrogens is 260 g/mol. The maximum atomic E-state index is 6.08. The van der Waals surface area contributed by atoms with E-state index in [-0.39, 0.29) is 10.8 Å². The molecule has 4 nitrogen and oxygen atoms in total. The summed E-state index contributed by atoms with van der Waals surface area (Å²) in [6.07, 6.45) is 1.68. The van der Waals surface area contributed by atoms with E-state index in [1.54, 1.807) is 6.34 Å². The highest BCUT2D eigenvalue weighted by Crippen LogP contribution is 2.73. The Bertz CT molecular complexity index is 506. The molecule has 0 spiro atoms. The molecule has 0 bridgehead atoms. The molecule has 1 aliphatic carbocycles. The van der Waals surface area contributed by atoms with Crippen LogP contribution in [0.5, 0.6) is 0 Å². The summed E-state index contributed by atoms with van der Waals surface area (Å²) in [5, 5.41) is 0.453. The van der Waals surface area contributed by atoms with E-state index in [1.807, 2.05) is 25.1 Å². The van der Waals surface area contributed by atoms with Crippen LogP contribution in [0.3, 0.4) is 0 Å². The van der Waals surface area contributed by atoms with Crippen molar-refractivity contribution in [3.63, 3.8) is 0 Å². The summed E-state index contributed by atoms with van der Waals surface area (Å²) in [7, 11) is 3.81. The topological polar surface area (TPSA) is 41.4 Å². The first-order valence-corrected chi connectivity index (χ1v) is 6.79. The molecule has 1 aliphatic rings. The lowest BCUT2D eigenvalue weighted by Crippen LogP contribution is -2.07. The number of rotatable bonds is 3. The number of halogens is 1. The van der Waals surface area contributed by atoms with Gasteiger partial charge in [0.25, 0.3) is 5.95 Å². The van der Waals surface area contributed by atoms with Crippen molar-refractivity contribution in [3.05, 3.63) is 16.9 Å². The normalized spacial score (nSPS) is 20.8. The molecule has 0 saturated heterocycles. The maximum absolute atomic E-state index is 6.08. The van der Waals surface area contributed by atoms with E-state index in [9.17, 15) is 0 Å². The van der Waals surface area contributed by atoms with Gasteiger partial charge in [-0.3, -0.25) is 0 Å². The van der Waals surface area contributed by atoms with Gasteiger partial charge in [-0.15, -0.1) is 0 Å². The summed E-state index contributed by atoms with van der Waals surface area (Å²) in [5.74, 6) is 0.823. The van der Waals surface area contributed by atoms with Crippen LogP contribution >= 0.6 is 11.6 Å². The zero-order valence-corrected chi connectivity index (χ0v) is 13.2. The van der Waals surface area contributed by atoms with Crippen molar-refractivity contribution in [3.8, 4) is 0 Å². The van der Waals surface area contributed by atoms with E-state index in [1.165, 1.54) is 0 Å². The molecule has 1 fully saturated rings. The lowest BCUT2D eigenvalue weighted by molar-refractivity contribution is 0.457. The maximum Gasteiger partial charge on any atom is 0.252 e.